The number of aryl methyl sites for hydroxylation is 2. The van der Waals surface area contributed by atoms with Gasteiger partial charge in [0, 0.05) is 17.6 Å². The van der Waals surface area contributed by atoms with Gasteiger partial charge in [-0.05, 0) is 63.3 Å². The lowest BCUT2D eigenvalue weighted by molar-refractivity contribution is 0.0229. The largest absolute Gasteiger partial charge is 0.343 e. The smallest absolute Gasteiger partial charge is 0.252 e. The summed E-state index contributed by atoms with van der Waals surface area (Å²) in [5.74, 6) is 0.764. The molecule has 0 saturated carbocycles. The molecule has 150 valence electrons. The maximum absolute atomic E-state index is 13.4. The van der Waals surface area contributed by atoms with Crippen molar-refractivity contribution in [1.82, 2.24) is 10.2 Å². The van der Waals surface area contributed by atoms with Gasteiger partial charge in [-0.2, -0.15) is 0 Å². The van der Waals surface area contributed by atoms with Crippen molar-refractivity contribution >= 4 is 5.91 Å². The highest BCUT2D eigenvalue weighted by Crippen LogP contribution is 2.40. The molecule has 3 unspecified atom stereocenters. The van der Waals surface area contributed by atoms with Crippen molar-refractivity contribution < 1.29 is 4.79 Å². The number of carbonyl (C=O) groups excluding carboxylic acids is 1. The lowest BCUT2D eigenvalue weighted by atomic mass is 9.75. The molecule has 1 aliphatic rings. The lowest BCUT2D eigenvalue weighted by Crippen LogP contribution is -2.57. The molecule has 28 heavy (non-hydrogen) atoms. The summed E-state index contributed by atoms with van der Waals surface area (Å²) < 4.78 is 0. The Balaban J connectivity index is 1.96. The van der Waals surface area contributed by atoms with Crippen molar-refractivity contribution in [3.8, 4) is 0 Å². The van der Waals surface area contributed by atoms with Gasteiger partial charge in [-0.15, -0.1) is 0 Å². The fourth-order valence-electron chi connectivity index (χ4n) is 4.69. The van der Waals surface area contributed by atoms with Crippen LogP contribution in [-0.4, -0.2) is 29.9 Å². The summed E-state index contributed by atoms with van der Waals surface area (Å²) in [6, 6.07) is 16.4. The van der Waals surface area contributed by atoms with Crippen LogP contribution in [0, 0.1) is 19.8 Å². The van der Waals surface area contributed by atoms with Gasteiger partial charge in [-0.25, -0.2) is 0 Å². The zero-order valence-electron chi connectivity index (χ0n) is 18.0. The van der Waals surface area contributed by atoms with Gasteiger partial charge < -0.3 is 5.32 Å². The third-order valence-electron chi connectivity index (χ3n) is 6.78. The molecule has 0 bridgehead atoms. The van der Waals surface area contributed by atoms with Crippen LogP contribution in [0.4, 0.5) is 0 Å². The van der Waals surface area contributed by atoms with Crippen molar-refractivity contribution in [3.63, 3.8) is 0 Å². The fourth-order valence-corrected chi connectivity index (χ4v) is 4.69. The predicted molar refractivity (Wildman–Crippen MR) is 117 cm³/mol. The SMILES string of the molecule is CCC1CCC(C)(C(NC(=O)c2c(C)cccc2C)c2ccccc2)N(C)C1. The number of likely N-dealkylation sites (N-methyl/N-ethyl adjacent to an activating group) is 1. The van der Waals surface area contributed by atoms with Gasteiger partial charge in [0.05, 0.1) is 6.04 Å². The van der Waals surface area contributed by atoms with Gasteiger partial charge in [0.25, 0.3) is 5.91 Å². The minimum Gasteiger partial charge on any atom is -0.343 e. The van der Waals surface area contributed by atoms with Crippen molar-refractivity contribution in [3.05, 3.63) is 70.8 Å². The Bertz CT molecular complexity index is 796. The van der Waals surface area contributed by atoms with Crippen LogP contribution >= 0.6 is 0 Å². The Morgan fingerprint density at radius 3 is 2.36 bits per heavy atom. The highest BCUT2D eigenvalue weighted by Gasteiger charge is 2.43. The van der Waals surface area contributed by atoms with Crippen molar-refractivity contribution in [2.24, 2.45) is 5.92 Å². The summed E-state index contributed by atoms with van der Waals surface area (Å²) in [7, 11) is 2.21. The van der Waals surface area contributed by atoms with E-state index in [0.717, 1.165) is 35.6 Å². The molecule has 1 heterocycles. The third kappa shape index (κ3) is 4.00. The van der Waals surface area contributed by atoms with E-state index in [2.05, 4.69) is 55.4 Å². The molecule has 0 radical (unpaired) electrons. The molecule has 1 N–H and O–H groups in total. The lowest BCUT2D eigenvalue weighted by Gasteiger charge is -2.50. The van der Waals surface area contributed by atoms with E-state index in [4.69, 9.17) is 0 Å². The molecule has 1 aliphatic heterocycles. The maximum atomic E-state index is 13.4. The van der Waals surface area contributed by atoms with Crippen molar-refractivity contribution in [2.75, 3.05) is 13.6 Å². The first-order valence-corrected chi connectivity index (χ1v) is 10.5. The average Bonchev–Trinajstić information content (AvgIpc) is 2.69. The highest BCUT2D eigenvalue weighted by molar-refractivity contribution is 5.97. The minimum absolute atomic E-state index is 0.0247. The number of hydrogen-bond acceptors (Lipinski definition) is 2. The van der Waals surface area contributed by atoms with E-state index in [-0.39, 0.29) is 17.5 Å². The molecule has 0 spiro atoms. The maximum Gasteiger partial charge on any atom is 0.252 e. The van der Waals surface area contributed by atoms with Crippen LogP contribution in [0.3, 0.4) is 0 Å². The summed E-state index contributed by atoms with van der Waals surface area (Å²) in [4.78, 5) is 15.8. The molecule has 3 nitrogen and oxygen atoms in total. The quantitative estimate of drug-likeness (QED) is 0.767. The minimum atomic E-state index is -0.112. The van der Waals surface area contributed by atoms with Crippen LogP contribution < -0.4 is 5.32 Å². The molecular formula is C25H34N2O. The second-order valence-electron chi connectivity index (χ2n) is 8.63. The molecule has 0 aliphatic carbocycles. The second-order valence-corrected chi connectivity index (χ2v) is 8.63. The van der Waals surface area contributed by atoms with Gasteiger partial charge in [-0.1, -0.05) is 61.9 Å². The van der Waals surface area contributed by atoms with Gasteiger partial charge in [0.2, 0.25) is 0 Å². The van der Waals surface area contributed by atoms with Crippen LogP contribution in [0.15, 0.2) is 48.5 Å². The zero-order valence-corrected chi connectivity index (χ0v) is 18.0. The van der Waals surface area contributed by atoms with Crippen molar-refractivity contribution in [1.29, 1.82) is 0 Å². The van der Waals surface area contributed by atoms with Crippen LogP contribution in [0.2, 0.25) is 0 Å². The molecule has 1 amide bonds. The van der Waals surface area contributed by atoms with E-state index in [0.29, 0.717) is 0 Å². The van der Waals surface area contributed by atoms with E-state index in [1.807, 2.05) is 38.1 Å². The second kappa shape index (κ2) is 8.48. The number of rotatable bonds is 5. The number of nitrogens with zero attached hydrogens (tertiary/aromatic N) is 1. The first kappa shape index (κ1) is 20.6. The van der Waals surface area contributed by atoms with E-state index >= 15 is 0 Å². The van der Waals surface area contributed by atoms with E-state index in [1.165, 1.54) is 18.4 Å². The number of nitrogens with one attached hydrogen (secondary N) is 1. The summed E-state index contributed by atoms with van der Waals surface area (Å²) in [5.41, 5.74) is 3.91. The summed E-state index contributed by atoms with van der Waals surface area (Å²) in [5, 5.41) is 3.42. The Hall–Kier alpha value is -2.13. The predicted octanol–water partition coefficient (Wildman–Crippen LogP) is 5.29. The van der Waals surface area contributed by atoms with E-state index in [9.17, 15) is 4.79 Å². The number of amides is 1. The van der Waals surface area contributed by atoms with Gasteiger partial charge in [-0.3, -0.25) is 9.69 Å². The Morgan fingerprint density at radius 2 is 1.79 bits per heavy atom. The number of piperidine rings is 1. The molecule has 3 heteroatoms. The molecule has 3 atom stereocenters. The van der Waals surface area contributed by atoms with Crippen LogP contribution in [0.5, 0.6) is 0 Å². The molecule has 2 aromatic rings. The van der Waals surface area contributed by atoms with E-state index in [1.54, 1.807) is 0 Å². The molecule has 2 aromatic carbocycles. The van der Waals surface area contributed by atoms with Crippen LogP contribution in [0.1, 0.15) is 66.2 Å². The summed E-state index contributed by atoms with van der Waals surface area (Å²) in [6.45, 7) is 9.69. The Kier molecular flexibility index (Phi) is 6.24. The van der Waals surface area contributed by atoms with Crippen LogP contribution in [0.25, 0.3) is 0 Å². The molecular weight excluding hydrogens is 344 g/mol. The molecule has 0 aromatic heterocycles. The van der Waals surface area contributed by atoms with Gasteiger partial charge >= 0.3 is 0 Å². The molecule has 3 rings (SSSR count). The first-order valence-electron chi connectivity index (χ1n) is 10.5. The van der Waals surface area contributed by atoms with E-state index < -0.39 is 0 Å². The number of benzene rings is 2. The highest BCUT2D eigenvalue weighted by atomic mass is 16.1. The Morgan fingerprint density at radius 1 is 1.14 bits per heavy atom. The summed E-state index contributed by atoms with van der Waals surface area (Å²) in [6.07, 6.45) is 3.50. The molecule has 1 fully saturated rings. The van der Waals surface area contributed by atoms with Gasteiger partial charge in [0.15, 0.2) is 0 Å². The Labute approximate surface area is 170 Å². The summed E-state index contributed by atoms with van der Waals surface area (Å²) >= 11 is 0. The average molecular weight is 379 g/mol. The van der Waals surface area contributed by atoms with Crippen molar-refractivity contribution in [2.45, 2.75) is 58.5 Å². The monoisotopic (exact) mass is 378 g/mol. The topological polar surface area (TPSA) is 32.3 Å². The first-order chi connectivity index (χ1) is 13.4. The van der Waals surface area contributed by atoms with Crippen LogP contribution in [-0.2, 0) is 0 Å². The normalized spacial score (nSPS) is 24.0. The fraction of sp³-hybridized carbons (Fsp3) is 0.480. The number of carbonyl (C=O) groups is 1. The number of hydrogen-bond donors (Lipinski definition) is 1. The molecule has 1 saturated heterocycles. The van der Waals surface area contributed by atoms with Gasteiger partial charge in [0.1, 0.15) is 0 Å². The zero-order chi connectivity index (χ0) is 20.3. The standard InChI is InChI=1S/C25H34N2O/c1-6-20-15-16-25(4,27(5)17-20)23(21-13-8-7-9-14-21)26-24(28)22-18(2)11-10-12-19(22)3/h7-14,20,23H,6,15-17H2,1-5H3,(H,26,28). The number of likely N-dealkylation sites (tertiary alicyclic amines) is 1. The third-order valence-corrected chi connectivity index (χ3v) is 6.78.